The van der Waals surface area contributed by atoms with Gasteiger partial charge in [-0.1, -0.05) is 29.8 Å². The Balaban J connectivity index is 2.09. The molecule has 4 heteroatoms. The van der Waals surface area contributed by atoms with Gasteiger partial charge in [0.2, 0.25) is 0 Å². The normalized spacial score (nSPS) is 10.9. The fourth-order valence-electron chi connectivity index (χ4n) is 1.81. The van der Waals surface area contributed by atoms with Gasteiger partial charge in [-0.25, -0.2) is 4.39 Å². The van der Waals surface area contributed by atoms with Crippen LogP contribution < -0.4 is 5.32 Å². The van der Waals surface area contributed by atoms with Gasteiger partial charge in [-0.3, -0.25) is 4.79 Å². The van der Waals surface area contributed by atoms with Crippen molar-refractivity contribution in [2.45, 2.75) is 13.8 Å². The number of ketones is 1. The molecule has 0 amide bonds. The number of anilines is 1. The maximum atomic E-state index is 13.6. The fraction of sp³-hybridized carbons (Fsp3) is 0.118. The number of hydrogen-bond acceptors (Lipinski definition) is 2. The minimum Gasteiger partial charge on any atom is -0.359 e. The number of aryl methyl sites for hydroxylation is 2. The number of carbonyl (C=O) groups is 1. The largest absolute Gasteiger partial charge is 0.359 e. The van der Waals surface area contributed by atoms with Crippen molar-refractivity contribution in [2.75, 3.05) is 5.32 Å². The van der Waals surface area contributed by atoms with Crippen molar-refractivity contribution in [3.8, 4) is 0 Å². The molecule has 21 heavy (non-hydrogen) atoms. The van der Waals surface area contributed by atoms with Crippen molar-refractivity contribution in [1.29, 1.82) is 0 Å². The van der Waals surface area contributed by atoms with E-state index in [1.54, 1.807) is 18.2 Å². The average molecular weight is 304 g/mol. The molecule has 0 heterocycles. The van der Waals surface area contributed by atoms with Crippen LogP contribution in [0.2, 0.25) is 5.02 Å². The highest BCUT2D eigenvalue weighted by atomic mass is 35.5. The summed E-state index contributed by atoms with van der Waals surface area (Å²) in [6, 6.07) is 10.2. The summed E-state index contributed by atoms with van der Waals surface area (Å²) >= 11 is 5.68. The van der Waals surface area contributed by atoms with Gasteiger partial charge in [0.15, 0.2) is 11.6 Å². The van der Waals surface area contributed by atoms with E-state index in [0.717, 1.165) is 11.1 Å². The number of nitrogens with one attached hydrogen (secondary N) is 1. The summed E-state index contributed by atoms with van der Waals surface area (Å²) in [6.07, 6.45) is 2.77. The van der Waals surface area contributed by atoms with Gasteiger partial charge in [0, 0.05) is 17.8 Å². The van der Waals surface area contributed by atoms with Crippen molar-refractivity contribution in [1.82, 2.24) is 0 Å². The molecule has 0 unspecified atom stereocenters. The summed E-state index contributed by atoms with van der Waals surface area (Å²) in [7, 11) is 0. The fourth-order valence-corrected chi connectivity index (χ4v) is 1.99. The van der Waals surface area contributed by atoms with E-state index < -0.39 is 5.82 Å². The number of rotatable bonds is 4. The van der Waals surface area contributed by atoms with Crippen molar-refractivity contribution in [3.05, 3.63) is 76.2 Å². The monoisotopic (exact) mass is 303 g/mol. The third kappa shape index (κ3) is 3.70. The quantitative estimate of drug-likeness (QED) is 0.642. The van der Waals surface area contributed by atoms with Crippen LogP contribution in [0.3, 0.4) is 0 Å². The van der Waals surface area contributed by atoms with E-state index in [0.29, 0.717) is 5.56 Å². The van der Waals surface area contributed by atoms with Crippen LogP contribution in [0.5, 0.6) is 0 Å². The first kappa shape index (κ1) is 15.3. The summed E-state index contributed by atoms with van der Waals surface area (Å²) in [6.45, 7) is 3.94. The zero-order chi connectivity index (χ0) is 15.4. The highest BCUT2D eigenvalue weighted by molar-refractivity contribution is 6.31. The van der Waals surface area contributed by atoms with Gasteiger partial charge in [-0.2, -0.15) is 0 Å². The Morgan fingerprint density at radius 2 is 1.95 bits per heavy atom. The summed E-state index contributed by atoms with van der Waals surface area (Å²) in [5.74, 6) is -0.685. The summed E-state index contributed by atoms with van der Waals surface area (Å²) in [5, 5.41) is 2.76. The molecule has 0 aromatic heterocycles. The lowest BCUT2D eigenvalue weighted by Gasteiger charge is -2.04. The number of benzene rings is 2. The number of halogens is 2. The third-order valence-corrected chi connectivity index (χ3v) is 3.51. The van der Waals surface area contributed by atoms with Crippen LogP contribution in [0.4, 0.5) is 10.1 Å². The van der Waals surface area contributed by atoms with Crippen molar-refractivity contribution in [2.24, 2.45) is 0 Å². The van der Waals surface area contributed by atoms with Crippen molar-refractivity contribution in [3.63, 3.8) is 0 Å². The molecule has 0 fully saturated rings. The van der Waals surface area contributed by atoms with E-state index in [4.69, 9.17) is 11.6 Å². The molecular formula is C17H15ClFNO. The molecule has 0 aliphatic heterocycles. The number of allylic oxidation sites excluding steroid dienone is 1. The van der Waals surface area contributed by atoms with Crippen LogP contribution in [0.1, 0.15) is 21.5 Å². The topological polar surface area (TPSA) is 29.1 Å². The lowest BCUT2D eigenvalue weighted by atomic mass is 10.0. The zero-order valence-electron chi connectivity index (χ0n) is 11.8. The van der Waals surface area contributed by atoms with E-state index in [-0.39, 0.29) is 16.5 Å². The first-order valence-electron chi connectivity index (χ1n) is 6.47. The van der Waals surface area contributed by atoms with E-state index in [9.17, 15) is 9.18 Å². The summed E-state index contributed by atoms with van der Waals surface area (Å²) in [4.78, 5) is 12.0. The molecule has 0 aliphatic rings. The van der Waals surface area contributed by atoms with Crippen molar-refractivity contribution >= 4 is 23.1 Å². The van der Waals surface area contributed by atoms with Crippen LogP contribution in [-0.4, -0.2) is 5.78 Å². The second kappa shape index (κ2) is 6.55. The minimum absolute atomic E-state index is 0.0360. The average Bonchev–Trinajstić information content (AvgIpc) is 2.46. The Hall–Kier alpha value is -2.13. The van der Waals surface area contributed by atoms with Gasteiger partial charge in [-0.15, -0.1) is 0 Å². The summed E-state index contributed by atoms with van der Waals surface area (Å²) in [5.41, 5.74) is 3.02. The molecule has 0 saturated carbocycles. The summed E-state index contributed by atoms with van der Waals surface area (Å²) < 4.78 is 13.6. The molecule has 0 aliphatic carbocycles. The van der Waals surface area contributed by atoms with Gasteiger partial charge in [0.25, 0.3) is 0 Å². The van der Waals surface area contributed by atoms with Gasteiger partial charge < -0.3 is 5.32 Å². The van der Waals surface area contributed by atoms with E-state index in [1.807, 2.05) is 26.0 Å². The Labute approximate surface area is 128 Å². The molecule has 0 bridgehead atoms. The standard InChI is InChI=1S/C17H15ClFNO/c1-11-6-7-13(10-12(11)2)16(21)8-9-20-15-5-3-4-14(18)17(15)19/h3-10,20H,1-2H3. The smallest absolute Gasteiger partial charge is 0.187 e. The number of carbonyl (C=O) groups excluding carboxylic acids is 1. The lowest BCUT2D eigenvalue weighted by Crippen LogP contribution is -1.98. The van der Waals surface area contributed by atoms with E-state index in [2.05, 4.69) is 5.32 Å². The van der Waals surface area contributed by atoms with Gasteiger partial charge in [-0.05, 0) is 43.2 Å². The van der Waals surface area contributed by atoms with Gasteiger partial charge in [0.1, 0.15) is 0 Å². The molecule has 2 rings (SSSR count). The SMILES string of the molecule is Cc1ccc(C(=O)C=CNc2cccc(Cl)c2F)cc1C. The van der Waals surface area contributed by atoms with Gasteiger partial charge >= 0.3 is 0 Å². The molecule has 0 radical (unpaired) electrons. The molecule has 2 nitrogen and oxygen atoms in total. The van der Waals surface area contributed by atoms with Crippen LogP contribution in [0.15, 0.2) is 48.7 Å². The molecule has 108 valence electrons. The highest BCUT2D eigenvalue weighted by Gasteiger charge is 2.05. The maximum absolute atomic E-state index is 13.6. The van der Waals surface area contributed by atoms with E-state index in [1.165, 1.54) is 18.3 Å². The van der Waals surface area contributed by atoms with E-state index >= 15 is 0 Å². The first-order chi connectivity index (χ1) is 9.99. The molecule has 1 N–H and O–H groups in total. The van der Waals surface area contributed by atoms with Crippen LogP contribution in [0, 0.1) is 19.7 Å². The maximum Gasteiger partial charge on any atom is 0.187 e. The first-order valence-corrected chi connectivity index (χ1v) is 6.85. The Bertz CT molecular complexity index is 710. The van der Waals surface area contributed by atoms with Crippen molar-refractivity contribution < 1.29 is 9.18 Å². The highest BCUT2D eigenvalue weighted by Crippen LogP contribution is 2.21. The van der Waals surface area contributed by atoms with Crippen LogP contribution in [-0.2, 0) is 0 Å². The lowest BCUT2D eigenvalue weighted by molar-refractivity contribution is 0.104. The molecule has 0 spiro atoms. The van der Waals surface area contributed by atoms with Gasteiger partial charge in [0.05, 0.1) is 10.7 Å². The number of hydrogen-bond donors (Lipinski definition) is 1. The Morgan fingerprint density at radius 1 is 1.19 bits per heavy atom. The Kier molecular flexibility index (Phi) is 4.76. The molecular weight excluding hydrogens is 289 g/mol. The molecule has 2 aromatic rings. The third-order valence-electron chi connectivity index (χ3n) is 3.22. The van der Waals surface area contributed by atoms with Crippen LogP contribution >= 0.6 is 11.6 Å². The second-order valence-electron chi connectivity index (χ2n) is 4.74. The molecule has 0 atom stereocenters. The Morgan fingerprint density at radius 3 is 2.67 bits per heavy atom. The second-order valence-corrected chi connectivity index (χ2v) is 5.15. The predicted octanol–water partition coefficient (Wildman–Crippen LogP) is 4.90. The predicted molar refractivity (Wildman–Crippen MR) is 84.4 cm³/mol. The molecule has 0 saturated heterocycles. The minimum atomic E-state index is -0.539. The molecule has 2 aromatic carbocycles. The zero-order valence-corrected chi connectivity index (χ0v) is 12.5. The van der Waals surface area contributed by atoms with Crippen LogP contribution in [0.25, 0.3) is 0 Å².